The third kappa shape index (κ3) is 5.61. The van der Waals surface area contributed by atoms with Crippen LogP contribution >= 0.6 is 21.9 Å². The number of benzene rings is 1. The van der Waals surface area contributed by atoms with Gasteiger partial charge in [-0.1, -0.05) is 6.07 Å². The fourth-order valence-electron chi connectivity index (χ4n) is 3.27. The molecule has 0 unspecified atom stereocenters. The zero-order valence-electron chi connectivity index (χ0n) is 17.3. The van der Waals surface area contributed by atoms with Crippen LogP contribution in [0.25, 0.3) is 10.4 Å². The van der Waals surface area contributed by atoms with Crippen molar-refractivity contribution >= 4 is 39.5 Å². The van der Waals surface area contributed by atoms with E-state index in [1.54, 1.807) is 23.2 Å². The average Bonchev–Trinajstić information content (AvgIpc) is 3.23. The molecule has 1 aliphatic rings. The molecule has 1 saturated heterocycles. The molecule has 1 amide bonds. The summed E-state index contributed by atoms with van der Waals surface area (Å²) in [4.78, 5) is 26.6. The predicted molar refractivity (Wildman–Crippen MR) is 121 cm³/mol. The zero-order valence-corrected chi connectivity index (χ0v) is 19.0. The molecule has 1 aromatic carbocycles. The van der Waals surface area contributed by atoms with Crippen molar-refractivity contribution in [3.8, 4) is 10.4 Å². The topological polar surface area (TPSA) is 111 Å². The van der Waals surface area contributed by atoms with Crippen molar-refractivity contribution in [2.75, 3.05) is 29.9 Å². The molecule has 2 aromatic heterocycles. The van der Waals surface area contributed by atoms with Crippen LogP contribution in [-0.4, -0.2) is 59.5 Å². The van der Waals surface area contributed by atoms with Crippen LogP contribution < -0.4 is 5.32 Å². The Morgan fingerprint density at radius 1 is 1.18 bits per heavy atom. The monoisotopic (exact) mass is 499 g/mol. The van der Waals surface area contributed by atoms with E-state index in [2.05, 4.69) is 20.3 Å². The van der Waals surface area contributed by atoms with E-state index in [0.29, 0.717) is 10.6 Å². The van der Waals surface area contributed by atoms with E-state index in [4.69, 9.17) is 0 Å². The summed E-state index contributed by atoms with van der Waals surface area (Å²) in [5, 5.41) is 3.08. The summed E-state index contributed by atoms with van der Waals surface area (Å²) in [7, 11) is -2.61. The minimum Gasteiger partial charge on any atom is -0.333 e. The van der Waals surface area contributed by atoms with Crippen LogP contribution in [0.3, 0.4) is 0 Å². The van der Waals surface area contributed by atoms with Gasteiger partial charge >= 0.3 is 6.18 Å². The van der Waals surface area contributed by atoms with Gasteiger partial charge in [0.1, 0.15) is 5.69 Å². The number of anilines is 2. The first kappa shape index (κ1) is 23.4. The van der Waals surface area contributed by atoms with Crippen molar-refractivity contribution in [3.05, 3.63) is 52.9 Å². The summed E-state index contributed by atoms with van der Waals surface area (Å²) in [6.07, 6.45) is -1.97. The van der Waals surface area contributed by atoms with Crippen molar-refractivity contribution < 1.29 is 27.1 Å². The Morgan fingerprint density at radius 2 is 1.91 bits per heavy atom. The molecule has 0 atom stereocenters. The first-order valence-electron chi connectivity index (χ1n) is 9.78. The highest BCUT2D eigenvalue weighted by Crippen LogP contribution is 2.40. The van der Waals surface area contributed by atoms with Crippen LogP contribution in [0.15, 0.2) is 36.7 Å². The molecule has 0 spiro atoms. The number of aryl methyl sites for hydroxylation is 1. The maximum Gasteiger partial charge on any atom is 0.433 e. The molecule has 3 aromatic rings. The lowest BCUT2D eigenvalue weighted by Gasteiger charge is -2.40. The van der Waals surface area contributed by atoms with Gasteiger partial charge in [0.2, 0.25) is 5.95 Å². The van der Waals surface area contributed by atoms with Gasteiger partial charge in [-0.25, -0.2) is 15.0 Å². The van der Waals surface area contributed by atoms with Gasteiger partial charge in [-0.05, 0) is 36.2 Å². The number of hydrogen-bond acceptors (Lipinski definition) is 8. The van der Waals surface area contributed by atoms with Crippen LogP contribution in [0.5, 0.6) is 0 Å². The van der Waals surface area contributed by atoms with Crippen molar-refractivity contribution in [1.82, 2.24) is 19.9 Å². The molecule has 1 fully saturated rings. The van der Waals surface area contributed by atoms with E-state index in [-0.39, 0.29) is 41.5 Å². The van der Waals surface area contributed by atoms with Crippen molar-refractivity contribution in [2.45, 2.75) is 13.1 Å². The Balaban J connectivity index is 1.53. The van der Waals surface area contributed by atoms with Gasteiger partial charge in [-0.3, -0.25) is 13.9 Å². The fraction of sp³-hybridized carbons (Fsp3) is 0.300. The Bertz CT molecular complexity index is 1180. The molecule has 3 N–H and O–H groups in total. The molecule has 4 rings (SSSR count). The molecule has 33 heavy (non-hydrogen) atoms. The van der Waals surface area contributed by atoms with E-state index in [9.17, 15) is 27.1 Å². The van der Waals surface area contributed by atoms with E-state index in [0.717, 1.165) is 23.4 Å². The minimum atomic E-state index is -4.58. The summed E-state index contributed by atoms with van der Waals surface area (Å²) in [5.74, 6) is -0.148. The first-order valence-corrected chi connectivity index (χ1v) is 12.5. The zero-order chi connectivity index (χ0) is 23.8. The summed E-state index contributed by atoms with van der Waals surface area (Å²) in [6, 6.07) is 6.13. The third-order valence-electron chi connectivity index (χ3n) is 4.92. The molecule has 1 aliphatic heterocycles. The second kappa shape index (κ2) is 8.89. The second-order valence-electron chi connectivity index (χ2n) is 7.51. The predicted octanol–water partition coefficient (Wildman–Crippen LogP) is 4.88. The molecule has 0 radical (unpaired) electrons. The average molecular weight is 500 g/mol. The molecule has 3 heterocycles. The van der Waals surface area contributed by atoms with Gasteiger partial charge in [0.15, 0.2) is 5.01 Å². The maximum absolute atomic E-state index is 12.9. The summed E-state index contributed by atoms with van der Waals surface area (Å²) in [6.45, 7) is 2.35. The Kier molecular flexibility index (Phi) is 6.31. The first-order chi connectivity index (χ1) is 15.5. The Morgan fingerprint density at radius 3 is 2.61 bits per heavy atom. The molecular formula is C20H20F3N5O3S2. The largest absolute Gasteiger partial charge is 0.433 e. The Hall–Kier alpha value is -2.74. The number of carbonyl (C=O) groups excluding carboxylic acids is 1. The SMILES string of the molecule is Cc1cc(Nc2nccc(C(F)(F)F)n2)cc(-c2cnc(C(=O)N3CCS(O)(O)CC3)s2)c1. The van der Waals surface area contributed by atoms with Gasteiger partial charge in [0, 0.05) is 31.2 Å². The maximum atomic E-state index is 12.9. The fourth-order valence-corrected chi connectivity index (χ4v) is 5.38. The van der Waals surface area contributed by atoms with Crippen LogP contribution in [-0.2, 0) is 6.18 Å². The Labute approximate surface area is 192 Å². The number of amides is 1. The molecule has 13 heteroatoms. The number of thiazole rings is 1. The second-order valence-corrected chi connectivity index (χ2v) is 11.0. The van der Waals surface area contributed by atoms with Crippen molar-refractivity contribution in [1.29, 1.82) is 0 Å². The molecular weight excluding hydrogens is 479 g/mol. The quantitative estimate of drug-likeness (QED) is 0.469. The highest BCUT2D eigenvalue weighted by molar-refractivity contribution is 8.24. The lowest BCUT2D eigenvalue weighted by molar-refractivity contribution is -0.141. The number of carbonyl (C=O) groups is 1. The van der Waals surface area contributed by atoms with E-state index < -0.39 is 22.5 Å². The third-order valence-corrected chi connectivity index (χ3v) is 7.62. The van der Waals surface area contributed by atoms with E-state index in [1.165, 1.54) is 11.3 Å². The van der Waals surface area contributed by atoms with Gasteiger partial charge in [-0.2, -0.15) is 23.8 Å². The van der Waals surface area contributed by atoms with Crippen LogP contribution in [0.2, 0.25) is 0 Å². The van der Waals surface area contributed by atoms with E-state index >= 15 is 0 Å². The normalized spacial score (nSPS) is 17.0. The van der Waals surface area contributed by atoms with Crippen LogP contribution in [0.4, 0.5) is 24.8 Å². The van der Waals surface area contributed by atoms with Crippen LogP contribution in [0.1, 0.15) is 21.1 Å². The summed E-state index contributed by atoms with van der Waals surface area (Å²) in [5.41, 5.74) is 1.02. The lowest BCUT2D eigenvalue weighted by atomic mass is 10.1. The number of alkyl halides is 3. The lowest BCUT2D eigenvalue weighted by Crippen LogP contribution is -2.42. The van der Waals surface area contributed by atoms with Crippen LogP contribution in [0, 0.1) is 6.92 Å². The number of hydrogen-bond donors (Lipinski definition) is 3. The van der Waals surface area contributed by atoms with E-state index in [1.807, 2.05) is 13.0 Å². The number of rotatable bonds is 4. The molecule has 0 saturated carbocycles. The summed E-state index contributed by atoms with van der Waals surface area (Å²) >= 11 is 1.19. The smallest absolute Gasteiger partial charge is 0.333 e. The standard InChI is InChI=1S/C20H20F3N5O3S2/c1-12-8-13(10-14(9-12)26-19-24-3-2-16(27-19)20(21,22)23)15-11-25-17(32-15)18(29)28-4-6-33(30,31)7-5-28/h2-3,8-11,30-31H,4-7H2,1H3,(H,24,26,27). The van der Waals surface area contributed by atoms with Gasteiger partial charge in [0.05, 0.1) is 16.4 Å². The molecule has 8 nitrogen and oxygen atoms in total. The molecule has 0 aliphatic carbocycles. The number of halogens is 3. The van der Waals surface area contributed by atoms with Gasteiger partial charge in [-0.15, -0.1) is 11.3 Å². The molecule has 0 bridgehead atoms. The number of nitrogens with zero attached hydrogens (tertiary/aromatic N) is 4. The van der Waals surface area contributed by atoms with Gasteiger partial charge in [0.25, 0.3) is 5.91 Å². The highest BCUT2D eigenvalue weighted by Gasteiger charge is 2.33. The molecule has 176 valence electrons. The van der Waals surface area contributed by atoms with Gasteiger partial charge < -0.3 is 10.2 Å². The van der Waals surface area contributed by atoms with Crippen molar-refractivity contribution in [3.63, 3.8) is 0 Å². The number of nitrogens with one attached hydrogen (secondary N) is 1. The highest BCUT2D eigenvalue weighted by atomic mass is 32.3. The minimum absolute atomic E-state index is 0.154. The number of aromatic nitrogens is 3. The summed E-state index contributed by atoms with van der Waals surface area (Å²) < 4.78 is 58.2. The van der Waals surface area contributed by atoms with Crippen molar-refractivity contribution in [2.24, 2.45) is 0 Å².